The van der Waals surface area contributed by atoms with E-state index in [4.69, 9.17) is 0 Å². The Labute approximate surface area is 138 Å². The average Bonchev–Trinajstić information content (AvgIpc) is 2.73. The summed E-state index contributed by atoms with van der Waals surface area (Å²) in [6.07, 6.45) is 4.30. The summed E-state index contributed by atoms with van der Waals surface area (Å²) in [7, 11) is 0. The smallest absolute Gasteiger partial charge is 0.144 e. The van der Waals surface area contributed by atoms with E-state index in [0.717, 1.165) is 32.1 Å². The summed E-state index contributed by atoms with van der Waals surface area (Å²) in [6.45, 7) is 4.22. The quantitative estimate of drug-likeness (QED) is 0.636. The highest BCUT2D eigenvalue weighted by Gasteiger charge is 2.65. The molecule has 0 unspecified atom stereocenters. The van der Waals surface area contributed by atoms with Crippen molar-refractivity contribution in [1.29, 1.82) is 0 Å². The fraction of sp³-hybridized carbons (Fsp3) is 0.947. The number of hydrogen-bond acceptors (Lipinski definition) is 4. The largest absolute Gasteiger partial charge is 0.393 e. The molecule has 0 spiro atoms. The van der Waals surface area contributed by atoms with Crippen LogP contribution in [0.3, 0.4) is 0 Å². The zero-order valence-corrected chi connectivity index (χ0v) is 14.2. The monoisotopic (exact) mass is 322 g/mol. The van der Waals surface area contributed by atoms with Crippen LogP contribution in [0.1, 0.15) is 58.8 Å². The predicted octanol–water partition coefficient (Wildman–Crippen LogP) is 1.90. The van der Waals surface area contributed by atoms with Crippen molar-refractivity contribution in [3.63, 3.8) is 0 Å². The molecule has 0 saturated heterocycles. The van der Waals surface area contributed by atoms with E-state index in [0.29, 0.717) is 24.2 Å². The number of aliphatic hydroxyl groups excluding tert-OH is 3. The molecule has 4 saturated carbocycles. The second-order valence-electron chi connectivity index (χ2n) is 9.23. The van der Waals surface area contributed by atoms with E-state index in [2.05, 4.69) is 6.92 Å². The lowest BCUT2D eigenvalue weighted by molar-refractivity contribution is -0.178. The second kappa shape index (κ2) is 5.03. The SMILES string of the molecule is C[C@]12CC[C@@H](O)C[C@@H]1CC[C@H]1[C@H]3[C@@H](O)CC(=O)[C@]3(C)[C@@H](O)C[C@H]12. The third kappa shape index (κ3) is 1.98. The van der Waals surface area contributed by atoms with Crippen molar-refractivity contribution in [3.05, 3.63) is 0 Å². The molecule has 4 heteroatoms. The first-order valence-corrected chi connectivity index (χ1v) is 9.36. The van der Waals surface area contributed by atoms with Crippen LogP contribution >= 0.6 is 0 Å². The van der Waals surface area contributed by atoms with Crippen LogP contribution < -0.4 is 0 Å². The van der Waals surface area contributed by atoms with E-state index in [1.165, 1.54) is 0 Å². The molecule has 0 aromatic heterocycles. The molecule has 4 rings (SSSR count). The van der Waals surface area contributed by atoms with Crippen LogP contribution in [0.4, 0.5) is 0 Å². The fourth-order valence-electron chi connectivity index (χ4n) is 7.04. The summed E-state index contributed by atoms with van der Waals surface area (Å²) in [5.41, 5.74) is -0.617. The number of ketones is 1. The molecule has 0 aliphatic heterocycles. The molecule has 130 valence electrons. The molecule has 4 fully saturated rings. The predicted molar refractivity (Wildman–Crippen MR) is 85.5 cm³/mol. The van der Waals surface area contributed by atoms with Crippen molar-refractivity contribution in [3.8, 4) is 0 Å². The van der Waals surface area contributed by atoms with Gasteiger partial charge in [-0.1, -0.05) is 6.92 Å². The molecule has 4 aliphatic rings. The van der Waals surface area contributed by atoms with Gasteiger partial charge >= 0.3 is 0 Å². The maximum atomic E-state index is 12.5. The first kappa shape index (κ1) is 16.0. The van der Waals surface area contributed by atoms with Crippen molar-refractivity contribution in [1.82, 2.24) is 0 Å². The van der Waals surface area contributed by atoms with Crippen LogP contribution in [0.25, 0.3) is 0 Å². The maximum Gasteiger partial charge on any atom is 0.144 e. The molecule has 0 aromatic rings. The minimum atomic E-state index is -0.752. The summed E-state index contributed by atoms with van der Waals surface area (Å²) in [4.78, 5) is 12.5. The standard InChI is InChI=1S/C19H30O4/c1-18-6-5-11(20)7-10(18)3-4-12-13(18)8-15(22)19(2)16(23)9-14(21)17(12)19/h10-15,17,20-22H,3-9H2,1-2H3/t10-,11+,12+,13+,14-,15-,17-,18-,19-/m0/s1. The molecule has 0 heterocycles. The Morgan fingerprint density at radius 1 is 1.04 bits per heavy atom. The number of fused-ring (bicyclic) bond motifs is 5. The van der Waals surface area contributed by atoms with Crippen molar-refractivity contribution < 1.29 is 20.1 Å². The lowest BCUT2D eigenvalue weighted by atomic mass is 9.44. The fourth-order valence-corrected chi connectivity index (χ4v) is 7.04. The zero-order chi connectivity index (χ0) is 16.6. The number of rotatable bonds is 0. The van der Waals surface area contributed by atoms with Gasteiger partial charge in [0.15, 0.2) is 0 Å². The molecule has 0 bridgehead atoms. The zero-order valence-electron chi connectivity index (χ0n) is 14.2. The number of hydrogen-bond donors (Lipinski definition) is 3. The van der Waals surface area contributed by atoms with Crippen molar-refractivity contribution in [2.24, 2.45) is 34.5 Å². The minimum Gasteiger partial charge on any atom is -0.393 e. The lowest BCUT2D eigenvalue weighted by Gasteiger charge is -2.61. The van der Waals surface area contributed by atoms with Crippen LogP contribution in [0.2, 0.25) is 0 Å². The van der Waals surface area contributed by atoms with Gasteiger partial charge in [-0.25, -0.2) is 0 Å². The van der Waals surface area contributed by atoms with Crippen LogP contribution in [-0.4, -0.2) is 39.4 Å². The topological polar surface area (TPSA) is 77.8 Å². The highest BCUT2D eigenvalue weighted by Crippen LogP contribution is 2.65. The van der Waals surface area contributed by atoms with E-state index < -0.39 is 17.6 Å². The van der Waals surface area contributed by atoms with E-state index in [9.17, 15) is 20.1 Å². The molecule has 0 amide bonds. The summed E-state index contributed by atoms with van der Waals surface area (Å²) in [5.74, 6) is 1.17. The Morgan fingerprint density at radius 2 is 1.78 bits per heavy atom. The van der Waals surface area contributed by atoms with Crippen molar-refractivity contribution in [2.45, 2.75) is 77.1 Å². The van der Waals surface area contributed by atoms with Crippen molar-refractivity contribution >= 4 is 5.78 Å². The second-order valence-corrected chi connectivity index (χ2v) is 9.23. The van der Waals surface area contributed by atoms with Gasteiger partial charge in [0.25, 0.3) is 0 Å². The number of aliphatic hydroxyl groups is 3. The number of carbonyl (C=O) groups excluding carboxylic acids is 1. The molecule has 0 aromatic carbocycles. The van der Waals surface area contributed by atoms with Gasteiger partial charge in [-0.15, -0.1) is 0 Å². The lowest BCUT2D eigenvalue weighted by Crippen LogP contribution is -2.59. The Morgan fingerprint density at radius 3 is 2.52 bits per heavy atom. The molecular weight excluding hydrogens is 292 g/mol. The molecule has 4 nitrogen and oxygen atoms in total. The third-order valence-electron chi connectivity index (χ3n) is 8.45. The molecule has 23 heavy (non-hydrogen) atoms. The minimum absolute atomic E-state index is 0.0484. The van der Waals surface area contributed by atoms with E-state index in [1.54, 1.807) is 0 Å². The highest BCUT2D eigenvalue weighted by atomic mass is 16.3. The van der Waals surface area contributed by atoms with Gasteiger partial charge in [0, 0.05) is 12.3 Å². The Kier molecular flexibility index (Phi) is 3.51. The number of carbonyl (C=O) groups is 1. The van der Waals surface area contributed by atoms with Gasteiger partial charge in [-0.05, 0) is 68.6 Å². The summed E-state index contributed by atoms with van der Waals surface area (Å²) < 4.78 is 0. The normalized spacial score (nSPS) is 59.2. The van der Waals surface area contributed by atoms with Crippen LogP contribution in [0.5, 0.6) is 0 Å². The van der Waals surface area contributed by atoms with Gasteiger partial charge in [0.1, 0.15) is 5.78 Å². The van der Waals surface area contributed by atoms with Gasteiger partial charge in [0.2, 0.25) is 0 Å². The van der Waals surface area contributed by atoms with E-state index >= 15 is 0 Å². The molecule has 3 N–H and O–H groups in total. The summed E-state index contributed by atoms with van der Waals surface area (Å²) >= 11 is 0. The Balaban J connectivity index is 1.71. The molecular formula is C19H30O4. The Bertz CT molecular complexity index is 519. The summed E-state index contributed by atoms with van der Waals surface area (Å²) in [6, 6.07) is 0. The molecule has 0 radical (unpaired) electrons. The average molecular weight is 322 g/mol. The first-order valence-electron chi connectivity index (χ1n) is 9.36. The number of Topliss-reactive ketones (excluding diaryl/α,β-unsaturated/α-hetero) is 1. The van der Waals surface area contributed by atoms with Gasteiger partial charge in [-0.2, -0.15) is 0 Å². The van der Waals surface area contributed by atoms with Gasteiger partial charge < -0.3 is 15.3 Å². The maximum absolute atomic E-state index is 12.5. The van der Waals surface area contributed by atoms with E-state index in [-0.39, 0.29) is 29.6 Å². The van der Waals surface area contributed by atoms with Crippen molar-refractivity contribution in [2.75, 3.05) is 0 Å². The Hall–Kier alpha value is -0.450. The first-order chi connectivity index (χ1) is 10.8. The third-order valence-corrected chi connectivity index (χ3v) is 8.45. The molecule has 4 aliphatic carbocycles. The highest BCUT2D eigenvalue weighted by molar-refractivity contribution is 5.88. The van der Waals surface area contributed by atoms with Crippen LogP contribution in [-0.2, 0) is 4.79 Å². The van der Waals surface area contributed by atoms with E-state index in [1.807, 2.05) is 6.92 Å². The van der Waals surface area contributed by atoms with Gasteiger partial charge in [0.05, 0.1) is 23.7 Å². The summed E-state index contributed by atoms with van der Waals surface area (Å²) in [5, 5.41) is 31.5. The van der Waals surface area contributed by atoms with Gasteiger partial charge in [-0.3, -0.25) is 4.79 Å². The van der Waals surface area contributed by atoms with Crippen LogP contribution in [0.15, 0.2) is 0 Å². The molecule has 9 atom stereocenters. The van der Waals surface area contributed by atoms with Crippen LogP contribution in [0, 0.1) is 34.5 Å².